The number of hydrogen-bond acceptors (Lipinski definition) is 0. The van der Waals surface area contributed by atoms with Gasteiger partial charge >= 0.3 is 6.98 Å². The van der Waals surface area contributed by atoms with Crippen LogP contribution < -0.4 is 0 Å². The van der Waals surface area contributed by atoms with Crippen LogP contribution in [0.15, 0.2) is 24.3 Å². The first-order valence-electron chi connectivity index (χ1n) is 3.74. The summed E-state index contributed by atoms with van der Waals surface area (Å²) in [6, 6.07) is 6.50. The Balaban J connectivity index is 2.77. The third-order valence-corrected chi connectivity index (χ3v) is 1.55. The van der Waals surface area contributed by atoms with Crippen LogP contribution in [0.3, 0.4) is 0 Å². The molecule has 0 aromatic heterocycles. The molecule has 0 saturated carbocycles. The maximum absolute atomic E-state index is 11.9. The number of benzene rings is 1. The fraction of sp³-hybridized carbons (Fsp3) is 0.250. The molecule has 0 spiro atoms. The minimum absolute atomic E-state index is 0.350. The molecule has 1 aromatic rings. The average molecular weight is 173 g/mol. The van der Waals surface area contributed by atoms with Crippen LogP contribution in [0, 0.1) is 6.92 Å². The van der Waals surface area contributed by atoms with E-state index in [1.807, 2.05) is 0 Å². The molecule has 0 fully saturated rings. The van der Waals surface area contributed by atoms with Crippen LogP contribution in [0.1, 0.15) is 11.1 Å². The fourth-order valence-electron chi connectivity index (χ4n) is 1.11. The minimum atomic E-state index is -4.70. The molecule has 0 saturated heterocycles. The van der Waals surface area contributed by atoms with Crippen molar-refractivity contribution in [2.24, 2.45) is 0 Å². The van der Waals surface area contributed by atoms with Gasteiger partial charge in [0.2, 0.25) is 0 Å². The molecule has 0 heterocycles. The zero-order chi connectivity index (χ0) is 9.19. The number of rotatable bonds is 2. The van der Waals surface area contributed by atoms with Gasteiger partial charge in [0.1, 0.15) is 0 Å². The summed E-state index contributed by atoms with van der Waals surface area (Å²) in [4.78, 5) is 0. The summed E-state index contributed by atoms with van der Waals surface area (Å²) in [5.41, 5.74) is 1.22. The van der Waals surface area contributed by atoms with Crippen LogP contribution >= 0.6 is 0 Å². The van der Waals surface area contributed by atoms with Crippen LogP contribution in [0.4, 0.5) is 12.9 Å². The molecule has 12 heavy (non-hydrogen) atoms. The number of aryl methyl sites for hydroxylation is 1. The second-order valence-corrected chi connectivity index (χ2v) is 2.90. The van der Waals surface area contributed by atoms with Crippen molar-refractivity contribution in [3.05, 3.63) is 35.4 Å². The van der Waals surface area contributed by atoms with Crippen molar-refractivity contribution in [1.29, 1.82) is 0 Å². The molecule has 0 amide bonds. The SMILES string of the molecule is Cc1cccc(C[B-](F)(F)F)c1. The van der Waals surface area contributed by atoms with Gasteiger partial charge in [0, 0.05) is 0 Å². The smallest absolute Gasteiger partial charge is 0.449 e. The van der Waals surface area contributed by atoms with Crippen molar-refractivity contribution in [3.8, 4) is 0 Å². The van der Waals surface area contributed by atoms with Crippen molar-refractivity contribution >= 4 is 6.98 Å². The summed E-state index contributed by atoms with van der Waals surface area (Å²) in [6.45, 7) is -2.91. The second kappa shape index (κ2) is 3.21. The molecule has 0 aliphatic carbocycles. The Kier molecular flexibility index (Phi) is 2.45. The molecule has 0 aliphatic rings. The van der Waals surface area contributed by atoms with E-state index in [9.17, 15) is 12.9 Å². The van der Waals surface area contributed by atoms with Crippen LogP contribution in [-0.2, 0) is 6.32 Å². The van der Waals surface area contributed by atoms with Crippen LogP contribution in [0.5, 0.6) is 0 Å². The minimum Gasteiger partial charge on any atom is -0.449 e. The van der Waals surface area contributed by atoms with E-state index < -0.39 is 13.3 Å². The van der Waals surface area contributed by atoms with Crippen LogP contribution in [0.2, 0.25) is 0 Å². The fourth-order valence-corrected chi connectivity index (χ4v) is 1.11. The molecule has 0 bridgehead atoms. The Hall–Kier alpha value is -0.925. The highest BCUT2D eigenvalue weighted by molar-refractivity contribution is 6.57. The summed E-state index contributed by atoms with van der Waals surface area (Å²) in [5.74, 6) is 0. The van der Waals surface area contributed by atoms with Crippen molar-refractivity contribution in [2.45, 2.75) is 13.2 Å². The predicted octanol–water partition coefficient (Wildman–Crippen LogP) is 2.92. The van der Waals surface area contributed by atoms with Gasteiger partial charge in [0.25, 0.3) is 0 Å². The summed E-state index contributed by atoms with van der Waals surface area (Å²) in [5, 5.41) is 0. The molecular formula is C8H9BF3-. The van der Waals surface area contributed by atoms with Crippen LogP contribution in [0.25, 0.3) is 0 Å². The lowest BCUT2D eigenvalue weighted by atomic mass is 9.81. The molecule has 0 aliphatic heterocycles. The van der Waals surface area contributed by atoms with Crippen molar-refractivity contribution in [3.63, 3.8) is 0 Å². The van der Waals surface area contributed by atoms with E-state index in [-0.39, 0.29) is 0 Å². The molecule has 0 unspecified atom stereocenters. The molecule has 0 atom stereocenters. The Labute approximate surface area is 69.5 Å². The molecular weight excluding hydrogens is 164 g/mol. The van der Waals surface area contributed by atoms with Gasteiger partial charge in [-0.1, -0.05) is 41.7 Å². The summed E-state index contributed by atoms with van der Waals surface area (Å²) >= 11 is 0. The van der Waals surface area contributed by atoms with E-state index in [2.05, 4.69) is 0 Å². The summed E-state index contributed by atoms with van der Waals surface area (Å²) < 4.78 is 35.8. The van der Waals surface area contributed by atoms with Crippen molar-refractivity contribution < 1.29 is 12.9 Å². The van der Waals surface area contributed by atoms with Gasteiger partial charge in [-0.25, -0.2) is 0 Å². The van der Waals surface area contributed by atoms with Gasteiger partial charge in [-0.2, -0.15) is 0 Å². The third kappa shape index (κ3) is 2.99. The third-order valence-electron chi connectivity index (χ3n) is 1.55. The number of halogens is 3. The van der Waals surface area contributed by atoms with Crippen molar-refractivity contribution in [1.82, 2.24) is 0 Å². The van der Waals surface area contributed by atoms with Crippen LogP contribution in [-0.4, -0.2) is 6.98 Å². The Morgan fingerprint density at radius 2 is 1.92 bits per heavy atom. The van der Waals surface area contributed by atoms with E-state index in [1.54, 1.807) is 25.1 Å². The molecule has 66 valence electrons. The first-order valence-corrected chi connectivity index (χ1v) is 3.74. The molecule has 1 aromatic carbocycles. The molecule has 4 heteroatoms. The largest absolute Gasteiger partial charge is 0.482 e. The maximum Gasteiger partial charge on any atom is 0.482 e. The Morgan fingerprint density at radius 1 is 1.25 bits per heavy atom. The quantitative estimate of drug-likeness (QED) is 0.603. The zero-order valence-corrected chi connectivity index (χ0v) is 6.73. The first kappa shape index (κ1) is 9.17. The molecule has 0 radical (unpaired) electrons. The van der Waals surface area contributed by atoms with Gasteiger partial charge in [-0.15, -0.1) is 0 Å². The highest BCUT2D eigenvalue weighted by Crippen LogP contribution is 2.16. The second-order valence-electron chi connectivity index (χ2n) is 2.90. The first-order chi connectivity index (χ1) is 5.47. The highest BCUT2D eigenvalue weighted by Gasteiger charge is 2.22. The predicted molar refractivity (Wildman–Crippen MR) is 44.0 cm³/mol. The highest BCUT2D eigenvalue weighted by atomic mass is 19.4. The number of hydrogen-bond donors (Lipinski definition) is 0. The van der Waals surface area contributed by atoms with Gasteiger partial charge in [-0.05, 0) is 6.92 Å². The lowest BCUT2D eigenvalue weighted by Gasteiger charge is -2.13. The summed E-state index contributed by atoms with van der Waals surface area (Å²) in [6.07, 6.45) is -0.776. The Bertz CT molecular complexity index is 267. The normalized spacial score (nSPS) is 11.7. The Morgan fingerprint density at radius 3 is 2.42 bits per heavy atom. The van der Waals surface area contributed by atoms with E-state index in [1.165, 1.54) is 6.07 Å². The topological polar surface area (TPSA) is 0 Å². The van der Waals surface area contributed by atoms with Gasteiger partial charge in [-0.3, -0.25) is 0 Å². The lowest BCUT2D eigenvalue weighted by molar-refractivity contribution is 0.468. The van der Waals surface area contributed by atoms with Gasteiger partial charge in [0.15, 0.2) is 0 Å². The summed E-state index contributed by atoms with van der Waals surface area (Å²) in [7, 11) is 0. The van der Waals surface area contributed by atoms with Gasteiger partial charge < -0.3 is 12.9 Å². The van der Waals surface area contributed by atoms with E-state index >= 15 is 0 Å². The molecule has 1 rings (SSSR count). The van der Waals surface area contributed by atoms with E-state index in [0.717, 1.165) is 5.56 Å². The maximum atomic E-state index is 11.9. The standard InChI is InChI=1S/C8H9BF3/c1-7-3-2-4-8(5-7)6-9(10,11)12/h2-5H,6H2,1H3/q-1. The average Bonchev–Trinajstić information content (AvgIpc) is 1.82. The monoisotopic (exact) mass is 173 g/mol. The van der Waals surface area contributed by atoms with E-state index in [0.29, 0.717) is 5.56 Å². The van der Waals surface area contributed by atoms with Gasteiger partial charge in [0.05, 0.1) is 0 Å². The molecule has 0 N–H and O–H groups in total. The van der Waals surface area contributed by atoms with Crippen molar-refractivity contribution in [2.75, 3.05) is 0 Å². The zero-order valence-electron chi connectivity index (χ0n) is 6.73. The lowest BCUT2D eigenvalue weighted by Crippen LogP contribution is -2.19. The molecule has 0 nitrogen and oxygen atoms in total. The van der Waals surface area contributed by atoms with E-state index in [4.69, 9.17) is 0 Å².